The second-order valence-corrected chi connectivity index (χ2v) is 11.4. The fraction of sp³-hybridized carbons (Fsp3) is 0.200. The van der Waals surface area contributed by atoms with Crippen LogP contribution in [-0.2, 0) is 20.0 Å². The first kappa shape index (κ1) is 20.5. The third-order valence-electron chi connectivity index (χ3n) is 5.18. The molecule has 1 atom stereocenters. The maximum Gasteiger partial charge on any atom is 0.303 e. The van der Waals surface area contributed by atoms with Gasteiger partial charge in [0.05, 0.1) is 16.5 Å². The number of para-hydroxylation sites is 1. The van der Waals surface area contributed by atoms with Crippen molar-refractivity contribution in [3.8, 4) is 5.75 Å². The van der Waals surface area contributed by atoms with Crippen molar-refractivity contribution < 1.29 is 21.9 Å². The Labute approximate surface area is 175 Å². The minimum absolute atomic E-state index is 0.0553. The molecule has 0 fully saturated rings. The van der Waals surface area contributed by atoms with Gasteiger partial charge in [-0.3, -0.25) is 4.31 Å². The van der Waals surface area contributed by atoms with Crippen molar-refractivity contribution in [2.24, 2.45) is 0 Å². The van der Waals surface area contributed by atoms with Crippen molar-refractivity contribution in [2.75, 3.05) is 20.4 Å². The first-order valence-electron chi connectivity index (χ1n) is 9.04. The van der Waals surface area contributed by atoms with E-state index >= 15 is 0 Å². The van der Waals surface area contributed by atoms with Gasteiger partial charge in [0.15, 0.2) is 9.84 Å². The van der Waals surface area contributed by atoms with Crippen LogP contribution in [0.2, 0.25) is 0 Å². The molecular weight excluding hydrogens is 426 g/mol. The van der Waals surface area contributed by atoms with Crippen molar-refractivity contribution >= 4 is 37.0 Å². The Morgan fingerprint density at radius 3 is 2.47 bits per heavy atom. The van der Waals surface area contributed by atoms with Crippen LogP contribution in [0, 0.1) is 0 Å². The number of H-pyrrole nitrogens is 1. The maximum atomic E-state index is 13.1. The van der Waals surface area contributed by atoms with E-state index < -0.39 is 26.1 Å². The Morgan fingerprint density at radius 1 is 1.07 bits per heavy atom. The van der Waals surface area contributed by atoms with Gasteiger partial charge < -0.3 is 10.1 Å². The average Bonchev–Trinajstić information content (AvgIpc) is 3.11. The molecule has 0 spiro atoms. The van der Waals surface area contributed by atoms with Gasteiger partial charge in [0.2, 0.25) is 0 Å². The van der Waals surface area contributed by atoms with Gasteiger partial charge in [-0.2, -0.15) is 12.7 Å². The third-order valence-corrected chi connectivity index (χ3v) is 8.08. The van der Waals surface area contributed by atoms with Crippen LogP contribution >= 0.6 is 0 Å². The monoisotopic (exact) mass is 447 g/mol. The van der Waals surface area contributed by atoms with Crippen LogP contribution in [0.15, 0.2) is 53.7 Å². The predicted octanol–water partition coefficient (Wildman–Crippen LogP) is 2.46. The number of hydrogen-bond donors (Lipinski definition) is 2. The highest BCUT2D eigenvalue weighted by Gasteiger charge is 2.36. The lowest BCUT2D eigenvalue weighted by Crippen LogP contribution is -2.40. The Balaban J connectivity index is 2.00. The van der Waals surface area contributed by atoms with E-state index in [0.29, 0.717) is 27.6 Å². The zero-order valence-corrected chi connectivity index (χ0v) is 18.2. The number of aromatic amines is 1. The summed E-state index contributed by atoms with van der Waals surface area (Å²) in [6.07, 6.45) is 5.83. The molecule has 0 amide bonds. The molecule has 0 saturated heterocycles. The molecule has 1 aliphatic heterocycles. The van der Waals surface area contributed by atoms with Gasteiger partial charge in [-0.25, -0.2) is 8.42 Å². The molecule has 8 nitrogen and oxygen atoms in total. The summed E-state index contributed by atoms with van der Waals surface area (Å²) in [6, 6.07) is 8.94. The van der Waals surface area contributed by atoms with Crippen molar-refractivity contribution in [1.29, 1.82) is 0 Å². The summed E-state index contributed by atoms with van der Waals surface area (Å²) in [5.41, 5.74) is 2.39. The Morgan fingerprint density at radius 2 is 1.80 bits per heavy atom. The van der Waals surface area contributed by atoms with Crippen LogP contribution in [-0.4, -0.2) is 55.9 Å². The second kappa shape index (κ2) is 6.86. The molecule has 0 radical (unpaired) electrons. The Kier molecular flexibility index (Phi) is 4.68. The van der Waals surface area contributed by atoms with Gasteiger partial charge in [0, 0.05) is 43.7 Å². The fourth-order valence-electron chi connectivity index (χ4n) is 3.64. The normalized spacial score (nSPS) is 16.9. The molecule has 2 N–H and O–H groups in total. The molecule has 4 rings (SSSR count). The van der Waals surface area contributed by atoms with E-state index in [1.165, 1.54) is 30.7 Å². The highest BCUT2D eigenvalue weighted by Crippen LogP contribution is 2.42. The Bertz CT molecular complexity index is 1390. The van der Waals surface area contributed by atoms with E-state index in [1.54, 1.807) is 42.6 Å². The van der Waals surface area contributed by atoms with Crippen LogP contribution < -0.4 is 0 Å². The minimum atomic E-state index is -3.85. The summed E-state index contributed by atoms with van der Waals surface area (Å²) in [5, 5.41) is 10.8. The Hall–Kier alpha value is -2.82. The number of nitrogens with zero attached hydrogens (tertiary/aromatic N) is 2. The van der Waals surface area contributed by atoms with Crippen LogP contribution in [0.5, 0.6) is 5.75 Å². The van der Waals surface area contributed by atoms with E-state index in [1.807, 2.05) is 0 Å². The summed E-state index contributed by atoms with van der Waals surface area (Å²) in [6.45, 7) is 0. The lowest BCUT2D eigenvalue weighted by Gasteiger charge is -2.35. The van der Waals surface area contributed by atoms with Gasteiger partial charge in [0.1, 0.15) is 5.75 Å². The summed E-state index contributed by atoms with van der Waals surface area (Å²) in [4.78, 5) is 3.17. The summed E-state index contributed by atoms with van der Waals surface area (Å²) < 4.78 is 52.5. The number of benzene rings is 2. The number of phenolic OH excluding ortho intramolecular Hbond substituents is 1. The minimum Gasteiger partial charge on any atom is -0.506 e. The van der Waals surface area contributed by atoms with E-state index in [2.05, 4.69) is 4.98 Å². The van der Waals surface area contributed by atoms with Gasteiger partial charge in [0.25, 0.3) is 0 Å². The standard InChI is InChI=1S/C20H21N3O5S2/c1-22(2)30(27,28)23-10-9-13-11-14(29(3,25)26)7-8-15(13)20(23)17-12-21-19-16(17)5-4-6-18(19)24/h4-12,20-21,24H,1-3H3. The zero-order chi connectivity index (χ0) is 21.8. The van der Waals surface area contributed by atoms with Gasteiger partial charge in [-0.05, 0) is 35.4 Å². The number of aromatic hydroxyl groups is 1. The van der Waals surface area contributed by atoms with Crippen LogP contribution in [0.4, 0.5) is 0 Å². The molecule has 1 unspecified atom stereocenters. The molecule has 0 bridgehead atoms. The van der Waals surface area contributed by atoms with E-state index in [0.717, 1.165) is 10.6 Å². The van der Waals surface area contributed by atoms with Gasteiger partial charge in [-0.1, -0.05) is 18.2 Å². The largest absolute Gasteiger partial charge is 0.506 e. The number of aromatic nitrogens is 1. The second-order valence-electron chi connectivity index (χ2n) is 7.34. The van der Waals surface area contributed by atoms with Crippen molar-refractivity contribution in [2.45, 2.75) is 10.9 Å². The fourth-order valence-corrected chi connectivity index (χ4v) is 5.38. The summed E-state index contributed by atoms with van der Waals surface area (Å²) in [5.74, 6) is 0.0553. The highest BCUT2D eigenvalue weighted by molar-refractivity contribution is 7.90. The number of rotatable bonds is 4. The number of hydrogen-bond acceptors (Lipinski definition) is 5. The van der Waals surface area contributed by atoms with Crippen LogP contribution in [0.25, 0.3) is 17.0 Å². The number of nitrogens with one attached hydrogen (secondary N) is 1. The number of sulfone groups is 1. The first-order chi connectivity index (χ1) is 14.0. The maximum absolute atomic E-state index is 13.1. The van der Waals surface area contributed by atoms with Crippen molar-refractivity contribution in [3.05, 3.63) is 65.5 Å². The molecule has 2 aromatic carbocycles. The first-order valence-corrected chi connectivity index (χ1v) is 12.3. The molecule has 10 heteroatoms. The molecule has 158 valence electrons. The van der Waals surface area contributed by atoms with E-state index in [9.17, 15) is 21.9 Å². The summed E-state index contributed by atoms with van der Waals surface area (Å²) in [7, 11) is -4.37. The predicted molar refractivity (Wildman–Crippen MR) is 115 cm³/mol. The molecule has 0 saturated carbocycles. The zero-order valence-electron chi connectivity index (χ0n) is 16.6. The molecule has 3 aromatic rings. The molecule has 0 aliphatic carbocycles. The third kappa shape index (κ3) is 3.17. The van der Waals surface area contributed by atoms with Crippen molar-refractivity contribution in [3.63, 3.8) is 0 Å². The van der Waals surface area contributed by atoms with E-state index in [4.69, 9.17) is 0 Å². The van der Waals surface area contributed by atoms with Crippen molar-refractivity contribution in [1.82, 2.24) is 13.6 Å². The molecule has 1 aromatic heterocycles. The highest BCUT2D eigenvalue weighted by atomic mass is 32.2. The molecule has 30 heavy (non-hydrogen) atoms. The molecule has 2 heterocycles. The summed E-state index contributed by atoms with van der Waals surface area (Å²) >= 11 is 0. The quantitative estimate of drug-likeness (QED) is 0.638. The molecular formula is C20H21N3O5S2. The molecule has 1 aliphatic rings. The topological polar surface area (TPSA) is 111 Å². The number of fused-ring (bicyclic) bond motifs is 2. The van der Waals surface area contributed by atoms with Gasteiger partial charge >= 0.3 is 10.2 Å². The average molecular weight is 448 g/mol. The lowest BCUT2D eigenvalue weighted by molar-refractivity contribution is 0.403. The number of phenols is 1. The van der Waals surface area contributed by atoms with Crippen LogP contribution in [0.3, 0.4) is 0 Å². The lowest BCUT2D eigenvalue weighted by atomic mass is 9.92. The van der Waals surface area contributed by atoms with Gasteiger partial charge in [-0.15, -0.1) is 0 Å². The van der Waals surface area contributed by atoms with Crippen LogP contribution in [0.1, 0.15) is 22.7 Å². The SMILES string of the molecule is CN(C)S(=O)(=O)N1C=Cc2cc(S(C)(=O)=O)ccc2C1c1c[nH]c2c(O)cccc12. The van der Waals surface area contributed by atoms with E-state index in [-0.39, 0.29) is 10.6 Å². The smallest absolute Gasteiger partial charge is 0.303 e.